The van der Waals surface area contributed by atoms with Crippen molar-refractivity contribution in [3.05, 3.63) is 58.6 Å². The van der Waals surface area contributed by atoms with Gasteiger partial charge in [-0.25, -0.2) is 0 Å². The molecule has 24 heavy (non-hydrogen) atoms. The van der Waals surface area contributed by atoms with Crippen molar-refractivity contribution >= 4 is 11.6 Å². The summed E-state index contributed by atoms with van der Waals surface area (Å²) in [6.07, 6.45) is 8.32. The second-order valence-corrected chi connectivity index (χ2v) is 8.61. The molecule has 2 aromatic carbocycles. The van der Waals surface area contributed by atoms with E-state index in [1.165, 1.54) is 55.2 Å². The van der Waals surface area contributed by atoms with Gasteiger partial charge in [0.05, 0.1) is 0 Å². The molecule has 3 aliphatic rings. The monoisotopic (exact) mass is 336 g/mol. The van der Waals surface area contributed by atoms with E-state index in [9.17, 15) is 0 Å². The Morgan fingerprint density at radius 1 is 1.00 bits per heavy atom. The van der Waals surface area contributed by atoms with E-state index < -0.39 is 0 Å². The zero-order valence-electron chi connectivity index (χ0n) is 14.4. The van der Waals surface area contributed by atoms with Crippen LogP contribution >= 0.6 is 11.6 Å². The van der Waals surface area contributed by atoms with Crippen LogP contribution in [-0.2, 0) is 5.41 Å². The Labute approximate surface area is 150 Å². The molecule has 2 fully saturated rings. The van der Waals surface area contributed by atoms with Gasteiger partial charge in [-0.05, 0) is 71.4 Å². The summed E-state index contributed by atoms with van der Waals surface area (Å²) < 4.78 is 0. The highest BCUT2D eigenvalue weighted by Crippen LogP contribution is 2.64. The van der Waals surface area contributed by atoms with Gasteiger partial charge in [0.15, 0.2) is 0 Å². The Hall–Kier alpha value is -1.27. The quantitative estimate of drug-likeness (QED) is 0.534. The first kappa shape index (κ1) is 15.0. The van der Waals surface area contributed by atoms with Gasteiger partial charge >= 0.3 is 0 Å². The summed E-state index contributed by atoms with van der Waals surface area (Å²) in [6.45, 7) is 2.40. The fourth-order valence-corrected chi connectivity index (χ4v) is 6.70. The van der Waals surface area contributed by atoms with E-state index in [-0.39, 0.29) is 5.41 Å². The smallest absolute Gasteiger partial charge is 0.0409 e. The Morgan fingerprint density at radius 2 is 1.83 bits per heavy atom. The van der Waals surface area contributed by atoms with Crippen LogP contribution in [0.15, 0.2) is 42.5 Å². The van der Waals surface area contributed by atoms with Crippen LogP contribution in [0.3, 0.4) is 0 Å². The second kappa shape index (κ2) is 5.36. The maximum absolute atomic E-state index is 6.49. The fraction of sp³-hybridized carbons (Fsp3) is 0.478. The lowest BCUT2D eigenvalue weighted by Gasteiger charge is -2.54. The molecule has 0 radical (unpaired) electrons. The molecule has 4 unspecified atom stereocenters. The summed E-state index contributed by atoms with van der Waals surface area (Å²) in [7, 11) is 0. The molecule has 2 bridgehead atoms. The number of fused-ring (bicyclic) bond motifs is 8. The minimum atomic E-state index is 0.211. The minimum absolute atomic E-state index is 0.211. The van der Waals surface area contributed by atoms with Gasteiger partial charge in [0, 0.05) is 10.4 Å². The van der Waals surface area contributed by atoms with Gasteiger partial charge in [0.25, 0.3) is 0 Å². The van der Waals surface area contributed by atoms with Crippen LogP contribution in [0.25, 0.3) is 11.1 Å². The molecule has 0 saturated heterocycles. The molecule has 124 valence electrons. The molecule has 0 nitrogen and oxygen atoms in total. The van der Waals surface area contributed by atoms with Crippen molar-refractivity contribution in [1.29, 1.82) is 0 Å². The van der Waals surface area contributed by atoms with Gasteiger partial charge in [-0.2, -0.15) is 0 Å². The first-order valence-corrected chi connectivity index (χ1v) is 10.0. The number of benzene rings is 2. The number of halogens is 1. The maximum atomic E-state index is 6.49. The van der Waals surface area contributed by atoms with E-state index in [0.717, 1.165) is 22.8 Å². The highest BCUT2D eigenvalue weighted by atomic mass is 35.5. The van der Waals surface area contributed by atoms with Crippen molar-refractivity contribution in [3.63, 3.8) is 0 Å². The average molecular weight is 337 g/mol. The third-order valence-corrected chi connectivity index (χ3v) is 7.51. The molecule has 2 saturated carbocycles. The molecule has 0 aromatic heterocycles. The number of rotatable bonds is 1. The Morgan fingerprint density at radius 3 is 2.71 bits per heavy atom. The summed E-state index contributed by atoms with van der Waals surface area (Å²) in [5.41, 5.74) is 6.25. The Balaban J connectivity index is 1.83. The lowest BCUT2D eigenvalue weighted by Crippen LogP contribution is -2.48. The average Bonchev–Trinajstić information content (AvgIpc) is 2.89. The third-order valence-electron chi connectivity index (χ3n) is 7.27. The molecule has 1 spiro atoms. The summed E-state index contributed by atoms with van der Waals surface area (Å²) >= 11 is 6.49. The van der Waals surface area contributed by atoms with Crippen molar-refractivity contribution in [1.82, 2.24) is 0 Å². The number of hydrogen-bond donors (Lipinski definition) is 0. The van der Waals surface area contributed by atoms with E-state index in [1.54, 1.807) is 5.56 Å². The molecule has 3 aliphatic carbocycles. The zero-order valence-corrected chi connectivity index (χ0v) is 15.2. The van der Waals surface area contributed by atoms with Crippen LogP contribution in [-0.4, -0.2) is 0 Å². The lowest BCUT2D eigenvalue weighted by molar-refractivity contribution is 0.0557. The van der Waals surface area contributed by atoms with Crippen molar-refractivity contribution in [2.24, 2.45) is 17.8 Å². The van der Waals surface area contributed by atoms with E-state index in [1.807, 2.05) is 0 Å². The minimum Gasteiger partial charge on any atom is -0.0843 e. The van der Waals surface area contributed by atoms with Crippen LogP contribution in [0.5, 0.6) is 0 Å². The largest absolute Gasteiger partial charge is 0.0843 e. The topological polar surface area (TPSA) is 0 Å². The van der Waals surface area contributed by atoms with E-state index in [4.69, 9.17) is 11.6 Å². The molecule has 0 N–H and O–H groups in total. The van der Waals surface area contributed by atoms with E-state index >= 15 is 0 Å². The van der Waals surface area contributed by atoms with Crippen molar-refractivity contribution < 1.29 is 0 Å². The van der Waals surface area contributed by atoms with Crippen LogP contribution in [0.2, 0.25) is 5.02 Å². The highest BCUT2D eigenvalue weighted by Gasteiger charge is 2.56. The van der Waals surface area contributed by atoms with Crippen LogP contribution in [0, 0.1) is 17.8 Å². The summed E-state index contributed by atoms with van der Waals surface area (Å²) in [6, 6.07) is 15.8. The second-order valence-electron chi connectivity index (χ2n) is 8.17. The van der Waals surface area contributed by atoms with Gasteiger partial charge < -0.3 is 0 Å². The van der Waals surface area contributed by atoms with Gasteiger partial charge in [0.1, 0.15) is 0 Å². The van der Waals surface area contributed by atoms with Crippen molar-refractivity contribution in [2.45, 2.75) is 50.9 Å². The fourth-order valence-electron chi connectivity index (χ4n) is 6.53. The predicted molar refractivity (Wildman–Crippen MR) is 102 cm³/mol. The number of hydrogen-bond acceptors (Lipinski definition) is 0. The molecule has 0 heterocycles. The predicted octanol–water partition coefficient (Wildman–Crippen LogP) is 6.84. The SMILES string of the molecule is CCC1CC2CCCC(C2)C12c1ccccc1-c1ccc(Cl)cc12. The molecule has 4 atom stereocenters. The van der Waals surface area contributed by atoms with E-state index in [2.05, 4.69) is 49.4 Å². The van der Waals surface area contributed by atoms with Crippen LogP contribution < -0.4 is 0 Å². The van der Waals surface area contributed by atoms with Gasteiger partial charge in [-0.3, -0.25) is 0 Å². The van der Waals surface area contributed by atoms with Gasteiger partial charge in [-0.15, -0.1) is 0 Å². The first-order valence-electron chi connectivity index (χ1n) is 9.65. The normalized spacial score (nSPS) is 33.3. The molecule has 5 rings (SSSR count). The van der Waals surface area contributed by atoms with Crippen LogP contribution in [0.4, 0.5) is 0 Å². The van der Waals surface area contributed by atoms with Crippen LogP contribution in [0.1, 0.15) is 56.6 Å². The molecule has 2 aromatic rings. The molecule has 0 aliphatic heterocycles. The highest BCUT2D eigenvalue weighted by molar-refractivity contribution is 6.30. The summed E-state index contributed by atoms with van der Waals surface area (Å²) in [5, 5.41) is 0.897. The lowest BCUT2D eigenvalue weighted by atomic mass is 9.50. The van der Waals surface area contributed by atoms with Crippen molar-refractivity contribution in [3.8, 4) is 11.1 Å². The zero-order chi connectivity index (χ0) is 16.3. The van der Waals surface area contributed by atoms with Gasteiger partial charge in [-0.1, -0.05) is 68.1 Å². The Kier molecular flexibility index (Phi) is 3.36. The maximum Gasteiger partial charge on any atom is 0.0409 e. The first-order chi connectivity index (χ1) is 11.7. The summed E-state index contributed by atoms with van der Waals surface area (Å²) in [4.78, 5) is 0. The molecule has 1 heteroatoms. The third kappa shape index (κ3) is 1.81. The van der Waals surface area contributed by atoms with Gasteiger partial charge in [0.2, 0.25) is 0 Å². The Bertz CT molecular complexity index is 788. The molecular formula is C23H25Cl. The molecular weight excluding hydrogens is 312 g/mol. The van der Waals surface area contributed by atoms with Crippen molar-refractivity contribution in [2.75, 3.05) is 0 Å². The standard InChI is InChI=1S/C23H25Cl/c1-2-16-12-15-6-5-7-17(13-15)23(16)21-9-4-3-8-19(21)20-11-10-18(24)14-22(20)23/h3-4,8-11,14-17H,2,5-7,12-13H2,1H3. The molecule has 0 amide bonds. The van der Waals surface area contributed by atoms with E-state index in [0.29, 0.717) is 0 Å². The summed E-state index contributed by atoms with van der Waals surface area (Å²) in [5.74, 6) is 2.49.